The van der Waals surface area contributed by atoms with Gasteiger partial charge in [0, 0.05) is 54.8 Å². The minimum Gasteiger partial charge on any atom is -0.488 e. The molecule has 3 aromatic carbocycles. The van der Waals surface area contributed by atoms with Crippen LogP contribution in [-0.4, -0.2) is 57.4 Å². The number of nitriles is 1. The summed E-state index contributed by atoms with van der Waals surface area (Å²) in [6, 6.07) is 18.7. The lowest BCUT2D eigenvalue weighted by molar-refractivity contribution is -0.144. The van der Waals surface area contributed by atoms with Gasteiger partial charge in [0.25, 0.3) is 5.91 Å². The van der Waals surface area contributed by atoms with Crippen molar-refractivity contribution in [2.45, 2.75) is 72.8 Å². The molecule has 0 spiro atoms. The number of pyridine rings is 1. The van der Waals surface area contributed by atoms with Gasteiger partial charge in [-0.15, -0.1) is 0 Å². The predicted molar refractivity (Wildman–Crippen MR) is 193 cm³/mol. The van der Waals surface area contributed by atoms with E-state index in [2.05, 4.69) is 17.1 Å². The van der Waals surface area contributed by atoms with Gasteiger partial charge in [-0.3, -0.25) is 19.5 Å². The van der Waals surface area contributed by atoms with Crippen molar-refractivity contribution in [2.75, 3.05) is 19.6 Å². The van der Waals surface area contributed by atoms with E-state index in [1.54, 1.807) is 24.4 Å². The zero-order valence-electron chi connectivity index (χ0n) is 29.0. The second-order valence-corrected chi connectivity index (χ2v) is 12.9. The van der Waals surface area contributed by atoms with Gasteiger partial charge in [-0.2, -0.15) is 5.26 Å². The second-order valence-electron chi connectivity index (χ2n) is 12.5. The van der Waals surface area contributed by atoms with Crippen LogP contribution in [0.1, 0.15) is 76.8 Å². The fraction of sp³-hybridized carbons (Fsp3) is 0.350. The molecule has 0 saturated carbocycles. The lowest BCUT2D eigenvalue weighted by Crippen LogP contribution is -2.44. The maximum atomic E-state index is 13.3. The third kappa shape index (κ3) is 8.27. The number of rotatable bonds is 13. The molecule has 5 rings (SSSR count). The number of ether oxygens (including phenoxy) is 2. The summed E-state index contributed by atoms with van der Waals surface area (Å²) in [6.45, 7) is 10.7. The lowest BCUT2D eigenvalue weighted by Gasteiger charge is -2.33. The van der Waals surface area contributed by atoms with E-state index < -0.39 is 12.0 Å². The average Bonchev–Trinajstić information content (AvgIpc) is 3.12. The fourth-order valence-corrected chi connectivity index (χ4v) is 6.78. The summed E-state index contributed by atoms with van der Waals surface area (Å²) < 4.78 is 12.6. The molecule has 1 aliphatic heterocycles. The highest BCUT2D eigenvalue weighted by atomic mass is 35.5. The number of benzene rings is 3. The van der Waals surface area contributed by atoms with Crippen LogP contribution < -0.4 is 9.47 Å². The Kier molecular flexibility index (Phi) is 12.1. The van der Waals surface area contributed by atoms with Crippen LogP contribution in [-0.2, 0) is 24.6 Å². The lowest BCUT2D eigenvalue weighted by atomic mass is 9.91. The smallest absolute Gasteiger partial charge is 0.320 e. The fourth-order valence-electron chi connectivity index (χ4n) is 6.54. The molecule has 1 atom stereocenters. The molecule has 10 heteroatoms. The van der Waals surface area contributed by atoms with Crippen molar-refractivity contribution in [1.29, 1.82) is 5.26 Å². The largest absolute Gasteiger partial charge is 0.488 e. The number of carboxylic acids is 1. The first kappa shape index (κ1) is 36.4. The van der Waals surface area contributed by atoms with Crippen molar-refractivity contribution in [1.82, 2.24) is 14.8 Å². The summed E-state index contributed by atoms with van der Waals surface area (Å²) in [4.78, 5) is 33.2. The Balaban J connectivity index is 1.42. The van der Waals surface area contributed by atoms with E-state index in [-0.39, 0.29) is 19.1 Å². The minimum atomic E-state index is -0.840. The topological polar surface area (TPSA) is 116 Å². The Morgan fingerprint density at radius 3 is 2.40 bits per heavy atom. The van der Waals surface area contributed by atoms with Crippen molar-refractivity contribution in [2.24, 2.45) is 0 Å². The highest BCUT2D eigenvalue weighted by Crippen LogP contribution is 2.37. The highest BCUT2D eigenvalue weighted by molar-refractivity contribution is 6.32. The van der Waals surface area contributed by atoms with Crippen molar-refractivity contribution < 1.29 is 24.2 Å². The number of amides is 1. The molecule has 0 unspecified atom stereocenters. The Bertz CT molecular complexity index is 1900. The molecule has 1 saturated heterocycles. The third-order valence-electron chi connectivity index (χ3n) is 9.44. The van der Waals surface area contributed by atoms with E-state index in [9.17, 15) is 20.0 Å². The standard InChI is InChI=1S/C40H43ClN4O5/c1-5-44(6-2)39(46)34-14-10-13-33(27(34)4)32-12-9-11-30(26(32)3)25-50-38-19-37(49-24-29-17-28(20-42)21-43-22-29)31(18-35(38)41)23-45-16-8-7-15-36(45)40(47)48/h9-14,17-19,21-22,36H,5-8,15-16,23-25H2,1-4H3,(H,47,48)/t36-/m0/s1. The first-order chi connectivity index (χ1) is 24.1. The summed E-state index contributed by atoms with van der Waals surface area (Å²) in [6.07, 6.45) is 5.50. The second kappa shape index (κ2) is 16.7. The first-order valence-electron chi connectivity index (χ1n) is 17.0. The van der Waals surface area contributed by atoms with Gasteiger partial charge in [0.05, 0.1) is 10.6 Å². The maximum absolute atomic E-state index is 13.3. The van der Waals surface area contributed by atoms with Gasteiger partial charge in [0.1, 0.15) is 36.8 Å². The maximum Gasteiger partial charge on any atom is 0.320 e. The predicted octanol–water partition coefficient (Wildman–Crippen LogP) is 7.97. The molecule has 1 aromatic heterocycles. The Hall–Kier alpha value is -4.91. The summed E-state index contributed by atoms with van der Waals surface area (Å²) in [5, 5.41) is 19.6. The van der Waals surface area contributed by atoms with E-state index in [1.165, 1.54) is 6.20 Å². The van der Waals surface area contributed by atoms with Gasteiger partial charge >= 0.3 is 5.97 Å². The van der Waals surface area contributed by atoms with E-state index in [0.717, 1.165) is 51.8 Å². The van der Waals surface area contributed by atoms with Crippen LogP contribution in [0.5, 0.6) is 11.5 Å². The summed E-state index contributed by atoms with van der Waals surface area (Å²) in [5.74, 6) is 0.121. The van der Waals surface area contributed by atoms with Crippen molar-refractivity contribution in [3.8, 4) is 28.7 Å². The number of piperidine rings is 1. The average molecular weight is 695 g/mol. The Labute approximate surface area is 299 Å². The number of carbonyl (C=O) groups excluding carboxylic acids is 1. The van der Waals surface area contributed by atoms with Gasteiger partial charge in [0.15, 0.2) is 0 Å². The van der Waals surface area contributed by atoms with Crippen LogP contribution in [0.3, 0.4) is 0 Å². The molecular formula is C40H43ClN4O5. The number of aliphatic carboxylic acids is 1. The monoisotopic (exact) mass is 694 g/mol. The van der Waals surface area contributed by atoms with Gasteiger partial charge in [0.2, 0.25) is 0 Å². The molecule has 0 aliphatic carbocycles. The minimum absolute atomic E-state index is 0.0235. The Morgan fingerprint density at radius 1 is 0.960 bits per heavy atom. The summed E-state index contributed by atoms with van der Waals surface area (Å²) >= 11 is 6.83. The van der Waals surface area contributed by atoms with E-state index in [0.29, 0.717) is 60.2 Å². The molecule has 260 valence electrons. The van der Waals surface area contributed by atoms with Crippen molar-refractivity contribution in [3.63, 3.8) is 0 Å². The highest BCUT2D eigenvalue weighted by Gasteiger charge is 2.29. The van der Waals surface area contributed by atoms with Gasteiger partial charge < -0.3 is 19.5 Å². The van der Waals surface area contributed by atoms with Crippen LogP contribution in [0.15, 0.2) is 67.0 Å². The Morgan fingerprint density at radius 2 is 1.68 bits per heavy atom. The number of aromatic nitrogens is 1. The van der Waals surface area contributed by atoms with Crippen LogP contribution in [0, 0.1) is 25.2 Å². The van der Waals surface area contributed by atoms with Gasteiger partial charge in [-0.05, 0) is 93.1 Å². The number of carboxylic acid groups (broad SMARTS) is 1. The number of likely N-dealkylation sites (tertiary alicyclic amines) is 1. The third-order valence-corrected chi connectivity index (χ3v) is 9.74. The SMILES string of the molecule is CCN(CC)C(=O)c1cccc(-c2cccc(COc3cc(OCc4cncc(C#N)c4)c(CN4CCCC[C@H]4C(=O)O)cc3Cl)c2C)c1C. The number of hydrogen-bond donors (Lipinski definition) is 1. The van der Waals surface area contributed by atoms with Gasteiger partial charge in [-0.25, -0.2) is 0 Å². The van der Waals surface area contributed by atoms with Crippen LogP contribution in [0.2, 0.25) is 5.02 Å². The van der Waals surface area contributed by atoms with E-state index in [4.69, 9.17) is 21.1 Å². The molecule has 1 aliphatic rings. The normalized spacial score (nSPS) is 14.5. The number of nitrogens with zero attached hydrogens (tertiary/aromatic N) is 4. The zero-order valence-corrected chi connectivity index (χ0v) is 29.8. The van der Waals surface area contributed by atoms with Gasteiger partial charge in [-0.1, -0.05) is 48.4 Å². The molecule has 50 heavy (non-hydrogen) atoms. The molecule has 9 nitrogen and oxygen atoms in total. The molecule has 0 radical (unpaired) electrons. The molecule has 1 N–H and O–H groups in total. The number of carbonyl (C=O) groups is 2. The molecule has 2 heterocycles. The quantitative estimate of drug-likeness (QED) is 0.150. The van der Waals surface area contributed by atoms with Crippen molar-refractivity contribution >= 4 is 23.5 Å². The molecule has 1 fully saturated rings. The summed E-state index contributed by atoms with van der Waals surface area (Å²) in [5.41, 5.74) is 7.52. The first-order valence-corrected chi connectivity index (χ1v) is 17.4. The number of hydrogen-bond acceptors (Lipinski definition) is 7. The summed E-state index contributed by atoms with van der Waals surface area (Å²) in [7, 11) is 0. The molecule has 1 amide bonds. The van der Waals surface area contributed by atoms with Crippen molar-refractivity contribution in [3.05, 3.63) is 111 Å². The van der Waals surface area contributed by atoms with Crippen LogP contribution in [0.4, 0.5) is 0 Å². The van der Waals surface area contributed by atoms with Crippen LogP contribution in [0.25, 0.3) is 11.1 Å². The van der Waals surface area contributed by atoms with E-state index in [1.807, 2.05) is 67.8 Å². The molecular weight excluding hydrogens is 652 g/mol. The van der Waals surface area contributed by atoms with E-state index >= 15 is 0 Å². The molecule has 0 bridgehead atoms. The van der Waals surface area contributed by atoms with Crippen LogP contribution >= 0.6 is 11.6 Å². The zero-order chi connectivity index (χ0) is 35.8. The molecule has 4 aromatic rings. The number of halogens is 1.